The highest BCUT2D eigenvalue weighted by Gasteiger charge is 2.15. The molecule has 0 aromatic heterocycles. The minimum absolute atomic E-state index is 1.10. The maximum atomic E-state index is 2.37. The topological polar surface area (TPSA) is 3.24 Å². The first-order valence-electron chi connectivity index (χ1n) is 21.1. The summed E-state index contributed by atoms with van der Waals surface area (Å²) in [6.45, 7) is 0. The number of benzene rings is 12. The number of anilines is 3. The average molecular weight is 774 g/mol. The molecule has 0 amide bonds. The van der Waals surface area contributed by atoms with Crippen LogP contribution in [0.3, 0.4) is 0 Å². The van der Waals surface area contributed by atoms with Crippen LogP contribution < -0.4 is 4.90 Å². The molecule has 0 fully saturated rings. The molecule has 0 heterocycles. The maximum absolute atomic E-state index is 2.37. The summed E-state index contributed by atoms with van der Waals surface area (Å²) in [5.41, 5.74) is 10.5. The van der Waals surface area contributed by atoms with Gasteiger partial charge in [-0.15, -0.1) is 0 Å². The lowest BCUT2D eigenvalue weighted by Gasteiger charge is -2.26. The summed E-state index contributed by atoms with van der Waals surface area (Å²) < 4.78 is 0. The van der Waals surface area contributed by atoms with Crippen molar-refractivity contribution in [3.05, 3.63) is 237 Å². The zero-order chi connectivity index (χ0) is 40.3. The number of fused-ring (bicyclic) bond motifs is 9. The van der Waals surface area contributed by atoms with Gasteiger partial charge in [-0.3, -0.25) is 0 Å². The Bertz CT molecular complexity index is 3460. The van der Waals surface area contributed by atoms with Gasteiger partial charge >= 0.3 is 0 Å². The van der Waals surface area contributed by atoms with Crippen molar-refractivity contribution in [2.75, 3.05) is 4.90 Å². The van der Waals surface area contributed by atoms with Crippen LogP contribution in [0, 0.1) is 0 Å². The minimum atomic E-state index is 1.10. The molecular weight excluding hydrogens is 735 g/mol. The average Bonchev–Trinajstić information content (AvgIpc) is 3.34. The van der Waals surface area contributed by atoms with E-state index in [4.69, 9.17) is 0 Å². The summed E-state index contributed by atoms with van der Waals surface area (Å²) in [6, 6.07) is 86.8. The Morgan fingerprint density at radius 3 is 1.03 bits per heavy atom. The van der Waals surface area contributed by atoms with E-state index in [1.165, 1.54) is 98.0 Å². The minimum Gasteiger partial charge on any atom is -0.311 e. The highest BCUT2D eigenvalue weighted by atomic mass is 15.1. The Morgan fingerprint density at radius 1 is 0.197 bits per heavy atom. The molecular formula is C60H39N. The number of hydrogen-bond acceptors (Lipinski definition) is 1. The second kappa shape index (κ2) is 14.4. The van der Waals surface area contributed by atoms with Crippen LogP contribution in [0.1, 0.15) is 0 Å². The lowest BCUT2D eigenvalue weighted by molar-refractivity contribution is 1.28. The normalized spacial score (nSPS) is 11.6. The molecule has 0 saturated heterocycles. The van der Waals surface area contributed by atoms with E-state index in [0.29, 0.717) is 0 Å². The summed E-state index contributed by atoms with van der Waals surface area (Å²) in [4.78, 5) is 2.37. The lowest BCUT2D eigenvalue weighted by atomic mass is 9.94. The van der Waals surface area contributed by atoms with Crippen molar-refractivity contribution in [2.24, 2.45) is 0 Å². The van der Waals surface area contributed by atoms with Crippen LogP contribution in [0.15, 0.2) is 237 Å². The largest absolute Gasteiger partial charge is 0.311 e. The van der Waals surface area contributed by atoms with E-state index >= 15 is 0 Å². The zero-order valence-electron chi connectivity index (χ0n) is 33.5. The maximum Gasteiger partial charge on any atom is 0.0462 e. The van der Waals surface area contributed by atoms with E-state index in [0.717, 1.165) is 17.1 Å². The van der Waals surface area contributed by atoms with Crippen LogP contribution in [0.5, 0.6) is 0 Å². The van der Waals surface area contributed by atoms with Gasteiger partial charge in [0.15, 0.2) is 0 Å². The van der Waals surface area contributed by atoms with Crippen LogP contribution in [0.2, 0.25) is 0 Å². The Morgan fingerprint density at radius 2 is 0.541 bits per heavy atom. The van der Waals surface area contributed by atoms with Gasteiger partial charge in [-0.2, -0.15) is 0 Å². The molecule has 0 atom stereocenters. The molecule has 0 radical (unpaired) electrons. The Kier molecular flexibility index (Phi) is 8.25. The van der Waals surface area contributed by atoms with Crippen LogP contribution >= 0.6 is 0 Å². The van der Waals surface area contributed by atoms with Crippen molar-refractivity contribution in [2.45, 2.75) is 0 Å². The standard InChI is InChI=1S/C60H39N/c1-4-11-53-42(8-1)16-18-48-38-46(27-35-57(48)53)40-20-29-50(30-21-40)61(51-31-22-41(23-32-51)47-28-36-58-49(39-47)19-17-43-9-2-5-12-54(43)58)52-33-24-45(25-34-52)56-14-7-15-59-55-13-6-3-10-44(55)26-37-60(56)59/h1-39H. The molecule has 12 aromatic rings. The molecule has 61 heavy (non-hydrogen) atoms. The van der Waals surface area contributed by atoms with Crippen LogP contribution in [0.4, 0.5) is 17.1 Å². The number of hydrogen-bond donors (Lipinski definition) is 0. The predicted molar refractivity (Wildman–Crippen MR) is 262 cm³/mol. The molecule has 0 bridgehead atoms. The van der Waals surface area contributed by atoms with Crippen molar-refractivity contribution in [3.8, 4) is 33.4 Å². The SMILES string of the molecule is c1ccc2c(c1)ccc1cc(-c3ccc(N(c4ccc(-c5ccc6c(ccc7ccccc76)c5)cc4)c4ccc(-c5cccc6c5ccc5ccccc56)cc4)cc3)ccc12. The first-order valence-corrected chi connectivity index (χ1v) is 21.1. The van der Waals surface area contributed by atoms with Gasteiger partial charge in [-0.25, -0.2) is 0 Å². The molecule has 284 valence electrons. The van der Waals surface area contributed by atoms with Gasteiger partial charge in [0, 0.05) is 17.1 Å². The Labute approximate surface area is 355 Å². The number of rotatable bonds is 6. The van der Waals surface area contributed by atoms with E-state index in [1.54, 1.807) is 0 Å². The fourth-order valence-electron chi connectivity index (χ4n) is 9.52. The van der Waals surface area contributed by atoms with Gasteiger partial charge in [-0.05, 0) is 147 Å². The number of nitrogens with zero attached hydrogens (tertiary/aromatic N) is 1. The van der Waals surface area contributed by atoms with Gasteiger partial charge in [-0.1, -0.05) is 188 Å². The van der Waals surface area contributed by atoms with E-state index in [-0.39, 0.29) is 0 Å². The third-order valence-corrected chi connectivity index (χ3v) is 12.6. The van der Waals surface area contributed by atoms with Crippen molar-refractivity contribution in [1.82, 2.24) is 0 Å². The monoisotopic (exact) mass is 773 g/mol. The lowest BCUT2D eigenvalue weighted by Crippen LogP contribution is -2.09. The smallest absolute Gasteiger partial charge is 0.0462 e. The van der Waals surface area contributed by atoms with E-state index < -0.39 is 0 Å². The second-order valence-electron chi connectivity index (χ2n) is 16.1. The second-order valence-corrected chi connectivity index (χ2v) is 16.1. The summed E-state index contributed by atoms with van der Waals surface area (Å²) in [7, 11) is 0. The first-order chi connectivity index (χ1) is 30.2. The van der Waals surface area contributed by atoms with Gasteiger partial charge in [0.1, 0.15) is 0 Å². The molecule has 1 heteroatoms. The highest BCUT2D eigenvalue weighted by Crippen LogP contribution is 2.40. The molecule has 0 spiro atoms. The molecule has 12 aromatic carbocycles. The van der Waals surface area contributed by atoms with E-state index in [1.807, 2.05) is 0 Å². The molecule has 0 saturated carbocycles. The molecule has 1 nitrogen and oxygen atoms in total. The quantitative estimate of drug-likeness (QED) is 0.152. The van der Waals surface area contributed by atoms with Crippen molar-refractivity contribution < 1.29 is 0 Å². The summed E-state index contributed by atoms with van der Waals surface area (Å²) in [5.74, 6) is 0. The molecule has 0 aliphatic rings. The van der Waals surface area contributed by atoms with Crippen LogP contribution in [-0.4, -0.2) is 0 Å². The highest BCUT2D eigenvalue weighted by molar-refractivity contribution is 6.12. The summed E-state index contributed by atoms with van der Waals surface area (Å²) >= 11 is 0. The fraction of sp³-hybridized carbons (Fsp3) is 0. The first kappa shape index (κ1) is 35.0. The zero-order valence-corrected chi connectivity index (χ0v) is 33.5. The molecule has 0 aliphatic carbocycles. The molecule has 12 rings (SSSR count). The van der Waals surface area contributed by atoms with Crippen molar-refractivity contribution in [1.29, 1.82) is 0 Å². The Hall–Kier alpha value is -8.00. The predicted octanol–water partition coefficient (Wildman–Crippen LogP) is 17.1. The van der Waals surface area contributed by atoms with Gasteiger partial charge in [0.25, 0.3) is 0 Å². The van der Waals surface area contributed by atoms with Gasteiger partial charge in [0.05, 0.1) is 0 Å². The summed E-state index contributed by atoms with van der Waals surface area (Å²) in [5, 5.41) is 15.3. The third kappa shape index (κ3) is 6.10. The molecule has 0 N–H and O–H groups in total. The Balaban J connectivity index is 0.923. The van der Waals surface area contributed by atoms with E-state index in [2.05, 4.69) is 241 Å². The van der Waals surface area contributed by atoms with Crippen molar-refractivity contribution in [3.63, 3.8) is 0 Å². The van der Waals surface area contributed by atoms with Gasteiger partial charge in [0.2, 0.25) is 0 Å². The third-order valence-electron chi connectivity index (χ3n) is 12.6. The van der Waals surface area contributed by atoms with Crippen molar-refractivity contribution >= 4 is 81.7 Å². The molecule has 0 aliphatic heterocycles. The fourth-order valence-corrected chi connectivity index (χ4v) is 9.52. The van der Waals surface area contributed by atoms with Crippen LogP contribution in [0.25, 0.3) is 98.0 Å². The van der Waals surface area contributed by atoms with Crippen LogP contribution in [-0.2, 0) is 0 Å². The van der Waals surface area contributed by atoms with Gasteiger partial charge < -0.3 is 4.90 Å². The summed E-state index contributed by atoms with van der Waals surface area (Å²) in [6.07, 6.45) is 0. The molecule has 0 unspecified atom stereocenters. The van der Waals surface area contributed by atoms with E-state index in [9.17, 15) is 0 Å².